The van der Waals surface area contributed by atoms with Gasteiger partial charge >= 0.3 is 0 Å². The second-order valence-electron chi connectivity index (χ2n) is 8.20. The van der Waals surface area contributed by atoms with E-state index in [0.29, 0.717) is 18.2 Å². The third-order valence-corrected chi connectivity index (χ3v) is 6.23. The molecule has 2 aromatic heterocycles. The molecule has 2 saturated heterocycles. The summed E-state index contributed by atoms with van der Waals surface area (Å²) in [7, 11) is 0. The van der Waals surface area contributed by atoms with Crippen LogP contribution in [0.1, 0.15) is 51.5 Å². The lowest BCUT2D eigenvalue weighted by atomic mass is 9.94. The lowest BCUT2D eigenvalue weighted by molar-refractivity contribution is 0.0500. The van der Waals surface area contributed by atoms with Gasteiger partial charge in [-0.1, -0.05) is 5.21 Å². The number of rotatable bonds is 6. The Morgan fingerprint density at radius 1 is 1.03 bits per heavy atom. The van der Waals surface area contributed by atoms with Crippen molar-refractivity contribution in [3.05, 3.63) is 41.0 Å². The average molecular weight is 410 g/mol. The first-order valence-corrected chi connectivity index (χ1v) is 10.7. The first-order chi connectivity index (χ1) is 14.7. The van der Waals surface area contributed by atoms with Crippen molar-refractivity contribution in [3.8, 4) is 0 Å². The summed E-state index contributed by atoms with van der Waals surface area (Å²) in [6.45, 7) is 7.64. The highest BCUT2D eigenvalue weighted by molar-refractivity contribution is 6.26. The van der Waals surface area contributed by atoms with Crippen LogP contribution in [0.15, 0.2) is 18.3 Å². The topological polar surface area (TPSA) is 93.5 Å². The van der Waals surface area contributed by atoms with Crippen LogP contribution in [0.2, 0.25) is 0 Å². The van der Waals surface area contributed by atoms with Crippen LogP contribution in [0.5, 0.6) is 0 Å². The van der Waals surface area contributed by atoms with E-state index >= 15 is 0 Å². The molecule has 4 heterocycles. The van der Waals surface area contributed by atoms with Gasteiger partial charge < -0.3 is 9.64 Å². The fourth-order valence-electron chi connectivity index (χ4n) is 4.57. The van der Waals surface area contributed by atoms with E-state index in [4.69, 9.17) is 4.74 Å². The molecule has 0 saturated carbocycles. The molecule has 9 nitrogen and oxygen atoms in total. The summed E-state index contributed by atoms with van der Waals surface area (Å²) in [5.41, 5.74) is 0.916. The molecule has 0 spiro atoms. The van der Waals surface area contributed by atoms with E-state index < -0.39 is 0 Å². The summed E-state index contributed by atoms with van der Waals surface area (Å²) in [4.78, 5) is 34.5. The number of hydrogen-bond acceptors (Lipinski definition) is 8. The van der Waals surface area contributed by atoms with Crippen molar-refractivity contribution in [3.63, 3.8) is 0 Å². The predicted molar refractivity (Wildman–Crippen MR) is 108 cm³/mol. The highest BCUT2D eigenvalue weighted by atomic mass is 16.5. The summed E-state index contributed by atoms with van der Waals surface area (Å²) in [5.74, 6) is -0.547. The lowest BCUT2D eigenvalue weighted by Crippen LogP contribution is -2.48. The minimum atomic E-state index is -0.277. The molecule has 2 aliphatic heterocycles. The van der Waals surface area contributed by atoms with Gasteiger partial charge in [-0.25, -0.2) is 4.68 Å². The molecule has 158 valence electrons. The number of ketones is 2. The number of aryl methyl sites for hydroxylation is 1. The Hall–Kier alpha value is -2.49. The third-order valence-electron chi connectivity index (χ3n) is 6.23. The van der Waals surface area contributed by atoms with E-state index in [1.165, 1.54) is 19.0 Å². The van der Waals surface area contributed by atoms with Crippen LogP contribution in [0.3, 0.4) is 0 Å². The van der Waals surface area contributed by atoms with Crippen LogP contribution < -0.4 is 0 Å². The molecule has 1 aliphatic carbocycles. The molecule has 30 heavy (non-hydrogen) atoms. The van der Waals surface area contributed by atoms with E-state index in [2.05, 4.69) is 25.1 Å². The molecule has 0 N–H and O–H groups in total. The second-order valence-corrected chi connectivity index (χ2v) is 8.20. The van der Waals surface area contributed by atoms with Gasteiger partial charge in [-0.05, 0) is 31.4 Å². The Morgan fingerprint density at radius 2 is 1.87 bits per heavy atom. The Bertz CT molecular complexity index is 944. The first kappa shape index (κ1) is 19.5. The molecule has 0 radical (unpaired) electrons. The largest absolute Gasteiger partial charge is 0.377 e. The van der Waals surface area contributed by atoms with Crippen LogP contribution in [-0.2, 0) is 11.3 Å². The monoisotopic (exact) mass is 410 g/mol. The predicted octanol–water partition coefficient (Wildman–Crippen LogP) is 0.635. The SMILES string of the molecule is O=C1c2cccnc2C(=O)c2c1nnn2CCCN1CCN(CC2CCCO2)CC1. The zero-order valence-corrected chi connectivity index (χ0v) is 17.0. The summed E-state index contributed by atoms with van der Waals surface area (Å²) in [5, 5.41) is 8.08. The fraction of sp³-hybridized carbons (Fsp3) is 0.571. The van der Waals surface area contributed by atoms with Crippen molar-refractivity contribution in [1.82, 2.24) is 29.8 Å². The lowest BCUT2D eigenvalue weighted by Gasteiger charge is -2.35. The molecule has 2 aromatic rings. The normalized spacial score (nSPS) is 22.3. The molecular weight excluding hydrogens is 384 g/mol. The van der Waals surface area contributed by atoms with E-state index in [1.54, 1.807) is 16.8 Å². The summed E-state index contributed by atoms with van der Waals surface area (Å²) in [6, 6.07) is 3.27. The van der Waals surface area contributed by atoms with E-state index in [-0.39, 0.29) is 28.6 Å². The van der Waals surface area contributed by atoms with Gasteiger partial charge in [-0.3, -0.25) is 19.5 Å². The summed E-state index contributed by atoms with van der Waals surface area (Å²) >= 11 is 0. The molecule has 0 amide bonds. The minimum Gasteiger partial charge on any atom is -0.377 e. The van der Waals surface area contributed by atoms with Crippen molar-refractivity contribution in [1.29, 1.82) is 0 Å². The Kier molecular flexibility index (Phi) is 5.41. The number of hydrogen-bond donors (Lipinski definition) is 0. The highest BCUT2D eigenvalue weighted by Gasteiger charge is 2.36. The zero-order chi connectivity index (χ0) is 20.5. The number of fused-ring (bicyclic) bond motifs is 2. The van der Waals surface area contributed by atoms with Crippen molar-refractivity contribution in [2.45, 2.75) is 31.9 Å². The van der Waals surface area contributed by atoms with Gasteiger partial charge in [0, 0.05) is 58.6 Å². The van der Waals surface area contributed by atoms with Crippen molar-refractivity contribution in [2.24, 2.45) is 0 Å². The van der Waals surface area contributed by atoms with Crippen LogP contribution >= 0.6 is 0 Å². The average Bonchev–Trinajstić information content (AvgIpc) is 3.44. The highest BCUT2D eigenvalue weighted by Crippen LogP contribution is 2.24. The van der Waals surface area contributed by atoms with Gasteiger partial charge in [0.1, 0.15) is 11.4 Å². The van der Waals surface area contributed by atoms with Gasteiger partial charge in [0.2, 0.25) is 11.6 Å². The second kappa shape index (κ2) is 8.33. The summed E-state index contributed by atoms with van der Waals surface area (Å²) < 4.78 is 7.32. The first-order valence-electron chi connectivity index (χ1n) is 10.7. The van der Waals surface area contributed by atoms with Crippen LogP contribution in [0.25, 0.3) is 0 Å². The Labute approximate surface area is 175 Å². The Balaban J connectivity index is 1.15. The number of nitrogens with zero attached hydrogens (tertiary/aromatic N) is 6. The molecule has 5 rings (SSSR count). The molecule has 0 aromatic carbocycles. The van der Waals surface area contributed by atoms with E-state index in [1.807, 2.05) is 0 Å². The number of carbonyl (C=O) groups is 2. The Morgan fingerprint density at radius 3 is 2.67 bits per heavy atom. The van der Waals surface area contributed by atoms with Crippen molar-refractivity contribution in [2.75, 3.05) is 45.9 Å². The van der Waals surface area contributed by atoms with E-state index in [0.717, 1.165) is 52.3 Å². The van der Waals surface area contributed by atoms with Crippen LogP contribution in [-0.4, -0.2) is 93.3 Å². The zero-order valence-electron chi connectivity index (χ0n) is 17.0. The molecule has 1 unspecified atom stereocenters. The van der Waals surface area contributed by atoms with Gasteiger partial charge in [-0.2, -0.15) is 0 Å². The quantitative estimate of drug-likeness (QED) is 0.584. The van der Waals surface area contributed by atoms with E-state index in [9.17, 15) is 9.59 Å². The van der Waals surface area contributed by atoms with Crippen LogP contribution in [0, 0.1) is 0 Å². The van der Waals surface area contributed by atoms with Gasteiger partial charge in [0.05, 0.1) is 11.7 Å². The maximum absolute atomic E-state index is 12.8. The molecular formula is C21H26N6O3. The van der Waals surface area contributed by atoms with Gasteiger partial charge in [0.25, 0.3) is 0 Å². The third kappa shape index (κ3) is 3.68. The molecule has 9 heteroatoms. The van der Waals surface area contributed by atoms with Gasteiger partial charge in [-0.15, -0.1) is 5.10 Å². The number of aromatic nitrogens is 4. The number of ether oxygens (including phenoxy) is 1. The molecule has 2 fully saturated rings. The van der Waals surface area contributed by atoms with Crippen molar-refractivity contribution >= 4 is 11.6 Å². The maximum Gasteiger partial charge on any atom is 0.232 e. The molecule has 3 aliphatic rings. The standard InChI is InChI=1S/C21H26N6O3/c28-20-16-5-1-6-22-17(16)21(29)19-18(20)23-24-27(19)8-3-7-25-9-11-26(12-10-25)14-15-4-2-13-30-15/h1,5-6,15H,2-4,7-14H2. The number of piperazine rings is 1. The summed E-state index contributed by atoms with van der Waals surface area (Å²) in [6.07, 6.45) is 5.16. The molecule has 0 bridgehead atoms. The minimum absolute atomic E-state index is 0.142. The number of carbonyl (C=O) groups excluding carboxylic acids is 2. The maximum atomic E-state index is 12.8. The smallest absolute Gasteiger partial charge is 0.232 e. The fourth-order valence-corrected chi connectivity index (χ4v) is 4.57. The van der Waals surface area contributed by atoms with Crippen molar-refractivity contribution < 1.29 is 14.3 Å². The van der Waals surface area contributed by atoms with Crippen LogP contribution in [0.4, 0.5) is 0 Å². The van der Waals surface area contributed by atoms with Gasteiger partial charge in [0.15, 0.2) is 5.69 Å². The number of pyridine rings is 1. The molecule has 1 atom stereocenters.